The zero-order valence-electron chi connectivity index (χ0n) is 11.7. The van der Waals surface area contributed by atoms with Crippen molar-refractivity contribution in [3.8, 4) is 0 Å². The van der Waals surface area contributed by atoms with E-state index in [2.05, 4.69) is 34.6 Å². The van der Waals surface area contributed by atoms with Crippen molar-refractivity contribution in [3.63, 3.8) is 0 Å². The first-order valence-corrected chi connectivity index (χ1v) is 6.43. The molecule has 1 rings (SSSR count). The van der Waals surface area contributed by atoms with Crippen molar-refractivity contribution in [1.29, 1.82) is 0 Å². The molecule has 1 saturated heterocycles. The van der Waals surface area contributed by atoms with E-state index in [-0.39, 0.29) is 24.0 Å². The normalized spacial score (nSPS) is 19.8. The van der Waals surface area contributed by atoms with Crippen molar-refractivity contribution in [1.82, 2.24) is 15.5 Å². The molecule has 0 aromatic carbocycles. The maximum atomic E-state index is 5.55. The van der Waals surface area contributed by atoms with E-state index >= 15 is 0 Å². The number of nitrogens with one attached hydrogen (secondary N) is 2. The van der Waals surface area contributed by atoms with Crippen LogP contribution in [-0.2, 0) is 4.74 Å². The summed E-state index contributed by atoms with van der Waals surface area (Å²) in [5.41, 5.74) is 0. The number of nitrogens with zero attached hydrogens (tertiary/aromatic N) is 2. The van der Waals surface area contributed by atoms with Crippen molar-refractivity contribution < 1.29 is 4.74 Å². The Balaban J connectivity index is 0.00000289. The van der Waals surface area contributed by atoms with Crippen LogP contribution in [0.5, 0.6) is 0 Å². The van der Waals surface area contributed by atoms with Crippen LogP contribution in [0.25, 0.3) is 0 Å². The number of aliphatic imine (C=N–C) groups is 1. The highest BCUT2D eigenvalue weighted by Crippen LogP contribution is 2.10. The Labute approximate surface area is 128 Å². The summed E-state index contributed by atoms with van der Waals surface area (Å²) >= 11 is 0. The second-order valence-corrected chi connectivity index (χ2v) is 4.67. The molecule has 108 valence electrons. The molecule has 1 aliphatic rings. The molecule has 0 aromatic rings. The van der Waals surface area contributed by atoms with E-state index in [1.807, 2.05) is 0 Å². The van der Waals surface area contributed by atoms with Gasteiger partial charge in [-0.3, -0.25) is 4.99 Å². The fraction of sp³-hybridized carbons (Fsp3) is 0.917. The van der Waals surface area contributed by atoms with E-state index < -0.39 is 0 Å². The van der Waals surface area contributed by atoms with Crippen molar-refractivity contribution in [3.05, 3.63) is 0 Å². The number of halogens is 1. The number of hydrogen-bond acceptors (Lipinski definition) is 3. The highest BCUT2D eigenvalue weighted by molar-refractivity contribution is 14.0. The van der Waals surface area contributed by atoms with E-state index in [4.69, 9.17) is 4.74 Å². The van der Waals surface area contributed by atoms with Crippen LogP contribution in [0, 0.1) is 0 Å². The Kier molecular flexibility index (Phi) is 10.8. The summed E-state index contributed by atoms with van der Waals surface area (Å²) < 4.78 is 5.55. The molecule has 0 aliphatic carbocycles. The monoisotopic (exact) mass is 370 g/mol. The molecule has 5 nitrogen and oxygen atoms in total. The van der Waals surface area contributed by atoms with Gasteiger partial charge in [-0.25, -0.2) is 0 Å². The molecule has 0 aromatic heterocycles. The Morgan fingerprint density at radius 1 is 1.39 bits per heavy atom. The summed E-state index contributed by atoms with van der Waals surface area (Å²) in [5.74, 6) is 0.874. The van der Waals surface area contributed by atoms with Gasteiger partial charge in [0, 0.05) is 26.7 Å². The summed E-state index contributed by atoms with van der Waals surface area (Å²) in [6, 6.07) is 0. The Morgan fingerprint density at radius 3 is 2.72 bits per heavy atom. The summed E-state index contributed by atoms with van der Waals surface area (Å²) in [4.78, 5) is 6.38. The van der Waals surface area contributed by atoms with Crippen molar-refractivity contribution in [2.24, 2.45) is 4.99 Å². The van der Waals surface area contributed by atoms with Gasteiger partial charge in [0.15, 0.2) is 5.96 Å². The van der Waals surface area contributed by atoms with Gasteiger partial charge >= 0.3 is 0 Å². The van der Waals surface area contributed by atoms with Gasteiger partial charge in [-0.1, -0.05) is 0 Å². The number of rotatable bonds is 6. The van der Waals surface area contributed by atoms with Crippen LogP contribution in [0.1, 0.15) is 19.3 Å². The lowest BCUT2D eigenvalue weighted by atomic mass is 10.2. The zero-order valence-corrected chi connectivity index (χ0v) is 14.1. The molecule has 18 heavy (non-hydrogen) atoms. The second-order valence-electron chi connectivity index (χ2n) is 4.67. The highest BCUT2D eigenvalue weighted by atomic mass is 127. The molecule has 1 atom stereocenters. The van der Waals surface area contributed by atoms with Crippen LogP contribution in [-0.4, -0.2) is 64.3 Å². The predicted octanol–water partition coefficient (Wildman–Crippen LogP) is 0.900. The molecular formula is C12H27IN4O. The third-order valence-electron chi connectivity index (χ3n) is 2.82. The fourth-order valence-corrected chi connectivity index (χ4v) is 1.84. The molecule has 6 heteroatoms. The third kappa shape index (κ3) is 8.10. The molecule has 0 radical (unpaired) electrons. The summed E-state index contributed by atoms with van der Waals surface area (Å²) in [7, 11) is 5.98. The molecular weight excluding hydrogens is 343 g/mol. The van der Waals surface area contributed by atoms with Gasteiger partial charge in [0.2, 0.25) is 0 Å². The molecule has 1 fully saturated rings. The van der Waals surface area contributed by atoms with E-state index in [9.17, 15) is 0 Å². The van der Waals surface area contributed by atoms with Gasteiger partial charge in [-0.15, -0.1) is 24.0 Å². The lowest BCUT2D eigenvalue weighted by Crippen LogP contribution is -2.41. The first-order chi connectivity index (χ1) is 8.22. The summed E-state index contributed by atoms with van der Waals surface area (Å²) in [6.07, 6.45) is 3.81. The quantitative estimate of drug-likeness (QED) is 0.316. The van der Waals surface area contributed by atoms with E-state index in [0.717, 1.165) is 45.0 Å². The van der Waals surface area contributed by atoms with Gasteiger partial charge in [0.05, 0.1) is 6.10 Å². The summed E-state index contributed by atoms with van der Waals surface area (Å²) in [5, 5.41) is 6.61. The molecule has 1 unspecified atom stereocenters. The van der Waals surface area contributed by atoms with Gasteiger partial charge in [-0.05, 0) is 39.9 Å². The average Bonchev–Trinajstić information content (AvgIpc) is 2.81. The average molecular weight is 370 g/mol. The third-order valence-corrected chi connectivity index (χ3v) is 2.82. The standard InChI is InChI=1S/C12H26N4O.HI/c1-13-12(14-7-5-8-16(2)3)15-10-11-6-4-9-17-11;/h11H,4-10H2,1-3H3,(H2,13,14,15);1H. The van der Waals surface area contributed by atoms with Crippen LogP contribution in [0.4, 0.5) is 0 Å². The van der Waals surface area contributed by atoms with Crippen molar-refractivity contribution >= 4 is 29.9 Å². The molecule has 0 amide bonds. The first kappa shape index (κ1) is 17.9. The highest BCUT2D eigenvalue weighted by Gasteiger charge is 2.15. The smallest absolute Gasteiger partial charge is 0.191 e. The maximum Gasteiger partial charge on any atom is 0.191 e. The van der Waals surface area contributed by atoms with Gasteiger partial charge in [0.1, 0.15) is 0 Å². The van der Waals surface area contributed by atoms with Crippen molar-refractivity contribution in [2.45, 2.75) is 25.4 Å². The van der Waals surface area contributed by atoms with Gasteiger partial charge in [-0.2, -0.15) is 0 Å². The van der Waals surface area contributed by atoms with Crippen LogP contribution in [0.15, 0.2) is 4.99 Å². The van der Waals surface area contributed by atoms with E-state index in [1.54, 1.807) is 7.05 Å². The molecule has 0 bridgehead atoms. The Bertz CT molecular complexity index is 230. The first-order valence-electron chi connectivity index (χ1n) is 6.43. The molecule has 0 saturated carbocycles. The summed E-state index contributed by atoms with van der Waals surface area (Å²) in [6.45, 7) is 3.80. The molecule has 0 spiro atoms. The van der Waals surface area contributed by atoms with Gasteiger partial charge < -0.3 is 20.3 Å². The topological polar surface area (TPSA) is 48.9 Å². The van der Waals surface area contributed by atoms with Crippen molar-refractivity contribution in [2.75, 3.05) is 47.4 Å². The number of guanidine groups is 1. The zero-order chi connectivity index (χ0) is 12.5. The molecule has 1 heterocycles. The Hall–Kier alpha value is -0.0800. The van der Waals surface area contributed by atoms with Crippen LogP contribution in [0.2, 0.25) is 0 Å². The largest absolute Gasteiger partial charge is 0.376 e. The maximum absolute atomic E-state index is 5.55. The second kappa shape index (κ2) is 10.8. The predicted molar refractivity (Wildman–Crippen MR) is 86.9 cm³/mol. The number of hydrogen-bond donors (Lipinski definition) is 2. The van der Waals surface area contributed by atoms with Crippen LogP contribution in [0.3, 0.4) is 0 Å². The lowest BCUT2D eigenvalue weighted by Gasteiger charge is -2.15. The van der Waals surface area contributed by atoms with Gasteiger partial charge in [0.25, 0.3) is 0 Å². The van der Waals surface area contributed by atoms with E-state index in [1.165, 1.54) is 6.42 Å². The minimum atomic E-state index is 0. The van der Waals surface area contributed by atoms with E-state index in [0.29, 0.717) is 6.10 Å². The minimum Gasteiger partial charge on any atom is -0.376 e. The molecule has 2 N–H and O–H groups in total. The lowest BCUT2D eigenvalue weighted by molar-refractivity contribution is 0.114. The Morgan fingerprint density at radius 2 is 2.17 bits per heavy atom. The fourth-order valence-electron chi connectivity index (χ4n) is 1.84. The number of ether oxygens (including phenoxy) is 1. The SMILES string of the molecule is CN=C(NCCCN(C)C)NCC1CCCO1.I. The molecule has 1 aliphatic heterocycles. The van der Waals surface area contributed by atoms with Crippen LogP contribution >= 0.6 is 24.0 Å². The minimum absolute atomic E-state index is 0. The van der Waals surface area contributed by atoms with Crippen LogP contribution < -0.4 is 10.6 Å².